The van der Waals surface area contributed by atoms with Crippen molar-refractivity contribution in [3.8, 4) is 0 Å². The predicted molar refractivity (Wildman–Crippen MR) is 78.8 cm³/mol. The molecule has 0 fully saturated rings. The van der Waals surface area contributed by atoms with Gasteiger partial charge in [-0.05, 0) is 63.3 Å². The first-order chi connectivity index (χ1) is 7.66. The van der Waals surface area contributed by atoms with Crippen LogP contribution < -0.4 is 0 Å². The molecule has 0 saturated heterocycles. The molecule has 0 rings (SSSR count). The van der Waals surface area contributed by atoms with Gasteiger partial charge in [0.2, 0.25) is 0 Å². The van der Waals surface area contributed by atoms with Gasteiger partial charge < -0.3 is 19.6 Å². The third-order valence-corrected chi connectivity index (χ3v) is 2.51. The van der Waals surface area contributed by atoms with Crippen LogP contribution in [0.1, 0.15) is 6.92 Å². The smallest absolute Gasteiger partial charge is 0.0188 e. The normalized spacial score (nSPS) is 13.2. The van der Waals surface area contributed by atoms with Crippen LogP contribution in [0.3, 0.4) is 0 Å². The van der Waals surface area contributed by atoms with Gasteiger partial charge in [-0.1, -0.05) is 0 Å². The molecule has 0 radical (unpaired) electrons. The molecule has 0 heterocycles. The summed E-state index contributed by atoms with van der Waals surface area (Å²) in [5.41, 5.74) is 0. The Balaban J connectivity index is 0. The molecule has 0 aliphatic carbocycles. The molecule has 0 aliphatic rings. The summed E-state index contributed by atoms with van der Waals surface area (Å²) in [4.78, 5) is 8.78. The molecule has 0 N–H and O–H groups in total. The molecule has 0 aromatic heterocycles. The standard InChI is InChI=1S/C7H18N2.C6H16N2/c1-7(9(4)5)6-8(2)3;1-7(2)5-6-8(3)4/h7H,6H2,1-5H3;5-6H2,1-4H3. The minimum absolute atomic E-state index is 0.653. The van der Waals surface area contributed by atoms with Gasteiger partial charge in [0.15, 0.2) is 0 Å². The van der Waals surface area contributed by atoms with Crippen molar-refractivity contribution < 1.29 is 0 Å². The van der Waals surface area contributed by atoms with Gasteiger partial charge in [0.1, 0.15) is 0 Å². The van der Waals surface area contributed by atoms with Gasteiger partial charge >= 0.3 is 0 Å². The molecule has 0 aromatic carbocycles. The summed E-state index contributed by atoms with van der Waals surface area (Å²) in [6, 6.07) is 0.653. The molecule has 1 atom stereocenters. The summed E-state index contributed by atoms with van der Waals surface area (Å²) in [6.07, 6.45) is 0. The summed E-state index contributed by atoms with van der Waals surface area (Å²) in [6.45, 7) is 5.65. The van der Waals surface area contributed by atoms with E-state index in [9.17, 15) is 0 Å². The van der Waals surface area contributed by atoms with E-state index in [0.717, 1.165) is 19.6 Å². The molecule has 0 aliphatic heterocycles. The zero-order valence-electron chi connectivity index (χ0n) is 13.5. The average Bonchev–Trinajstić information content (AvgIpc) is 2.14. The van der Waals surface area contributed by atoms with Crippen molar-refractivity contribution in [1.82, 2.24) is 19.6 Å². The Labute approximate surface area is 109 Å². The third-order valence-electron chi connectivity index (χ3n) is 2.51. The highest BCUT2D eigenvalue weighted by atomic mass is 15.2. The highest BCUT2D eigenvalue weighted by molar-refractivity contribution is 4.61. The first-order valence-corrected chi connectivity index (χ1v) is 6.27. The molecule has 4 heteroatoms. The summed E-state index contributed by atoms with van der Waals surface area (Å²) in [5.74, 6) is 0. The van der Waals surface area contributed by atoms with E-state index in [2.05, 4.69) is 82.9 Å². The van der Waals surface area contributed by atoms with Gasteiger partial charge in [-0.25, -0.2) is 0 Å². The lowest BCUT2D eigenvalue weighted by Gasteiger charge is -2.22. The van der Waals surface area contributed by atoms with Crippen LogP contribution in [0.5, 0.6) is 0 Å². The van der Waals surface area contributed by atoms with Crippen molar-refractivity contribution in [2.45, 2.75) is 13.0 Å². The number of rotatable bonds is 6. The second-order valence-corrected chi connectivity index (χ2v) is 5.68. The lowest BCUT2D eigenvalue weighted by atomic mass is 10.3. The Morgan fingerprint density at radius 3 is 1.12 bits per heavy atom. The second kappa shape index (κ2) is 11.0. The van der Waals surface area contributed by atoms with Crippen LogP contribution in [0.15, 0.2) is 0 Å². The molecule has 4 nitrogen and oxygen atoms in total. The van der Waals surface area contributed by atoms with E-state index in [1.807, 2.05) is 0 Å². The van der Waals surface area contributed by atoms with Gasteiger partial charge in [0.25, 0.3) is 0 Å². The van der Waals surface area contributed by atoms with E-state index in [1.54, 1.807) is 0 Å². The van der Waals surface area contributed by atoms with E-state index in [1.165, 1.54) is 0 Å². The van der Waals surface area contributed by atoms with Crippen LogP contribution in [0, 0.1) is 0 Å². The van der Waals surface area contributed by atoms with Crippen LogP contribution in [0.4, 0.5) is 0 Å². The fourth-order valence-electron chi connectivity index (χ4n) is 1.09. The Kier molecular flexibility index (Phi) is 12.4. The minimum atomic E-state index is 0.653. The van der Waals surface area contributed by atoms with Crippen molar-refractivity contribution in [1.29, 1.82) is 0 Å². The molecule has 0 aromatic rings. The zero-order chi connectivity index (χ0) is 14.0. The molecule has 1 unspecified atom stereocenters. The van der Waals surface area contributed by atoms with Gasteiger partial charge in [0, 0.05) is 25.7 Å². The van der Waals surface area contributed by atoms with Crippen LogP contribution >= 0.6 is 0 Å². The van der Waals surface area contributed by atoms with Gasteiger partial charge in [0.05, 0.1) is 0 Å². The molecule has 17 heavy (non-hydrogen) atoms. The highest BCUT2D eigenvalue weighted by Crippen LogP contribution is 1.91. The number of hydrogen-bond acceptors (Lipinski definition) is 4. The summed E-state index contributed by atoms with van der Waals surface area (Å²) in [7, 11) is 16.8. The number of nitrogens with zero attached hydrogens (tertiary/aromatic N) is 4. The maximum absolute atomic E-state index is 2.22. The lowest BCUT2D eigenvalue weighted by molar-refractivity contribution is 0.244. The van der Waals surface area contributed by atoms with Gasteiger partial charge in [-0.3, -0.25) is 0 Å². The van der Waals surface area contributed by atoms with Gasteiger partial charge in [-0.2, -0.15) is 0 Å². The molecule has 0 bridgehead atoms. The molecule has 106 valence electrons. The SMILES string of the molecule is CC(CN(C)C)N(C)C.CN(C)CCN(C)C. The predicted octanol–water partition coefficient (Wildman–Crippen LogP) is 0.608. The Morgan fingerprint density at radius 2 is 1.00 bits per heavy atom. The van der Waals surface area contributed by atoms with E-state index in [-0.39, 0.29) is 0 Å². The van der Waals surface area contributed by atoms with Crippen molar-refractivity contribution in [3.05, 3.63) is 0 Å². The van der Waals surface area contributed by atoms with Crippen molar-refractivity contribution in [2.75, 3.05) is 76.0 Å². The minimum Gasteiger partial charge on any atom is -0.308 e. The quantitative estimate of drug-likeness (QED) is 0.681. The molecular weight excluding hydrogens is 212 g/mol. The maximum Gasteiger partial charge on any atom is 0.0188 e. The summed E-state index contributed by atoms with van der Waals surface area (Å²) in [5, 5.41) is 0. The van der Waals surface area contributed by atoms with E-state index in [0.29, 0.717) is 6.04 Å². The third kappa shape index (κ3) is 18.4. The van der Waals surface area contributed by atoms with Gasteiger partial charge in [-0.15, -0.1) is 0 Å². The van der Waals surface area contributed by atoms with E-state index < -0.39 is 0 Å². The summed E-state index contributed by atoms with van der Waals surface area (Å²) >= 11 is 0. The van der Waals surface area contributed by atoms with Crippen LogP contribution in [-0.4, -0.2) is 102 Å². The summed E-state index contributed by atoms with van der Waals surface area (Å²) < 4.78 is 0. The first-order valence-electron chi connectivity index (χ1n) is 6.27. The average molecular weight is 246 g/mol. The van der Waals surface area contributed by atoms with Crippen LogP contribution in [0.25, 0.3) is 0 Å². The zero-order valence-corrected chi connectivity index (χ0v) is 13.5. The van der Waals surface area contributed by atoms with Crippen LogP contribution in [0.2, 0.25) is 0 Å². The molecule has 0 spiro atoms. The highest BCUT2D eigenvalue weighted by Gasteiger charge is 2.03. The molecular formula is C13H34N4. The first kappa shape index (κ1) is 19.2. The fourth-order valence-corrected chi connectivity index (χ4v) is 1.09. The maximum atomic E-state index is 2.22. The Bertz CT molecular complexity index is 147. The van der Waals surface area contributed by atoms with Crippen LogP contribution in [-0.2, 0) is 0 Å². The van der Waals surface area contributed by atoms with Crippen molar-refractivity contribution >= 4 is 0 Å². The monoisotopic (exact) mass is 246 g/mol. The lowest BCUT2D eigenvalue weighted by Crippen LogP contribution is -2.34. The molecule has 0 amide bonds. The second-order valence-electron chi connectivity index (χ2n) is 5.68. The number of likely N-dealkylation sites (N-methyl/N-ethyl adjacent to an activating group) is 4. The molecule has 0 saturated carbocycles. The largest absolute Gasteiger partial charge is 0.308 e. The van der Waals surface area contributed by atoms with Crippen molar-refractivity contribution in [2.24, 2.45) is 0 Å². The Morgan fingerprint density at radius 1 is 0.647 bits per heavy atom. The van der Waals surface area contributed by atoms with Crippen molar-refractivity contribution in [3.63, 3.8) is 0 Å². The Hall–Kier alpha value is -0.160. The van der Waals surface area contributed by atoms with E-state index in [4.69, 9.17) is 0 Å². The number of hydrogen-bond donors (Lipinski definition) is 0. The topological polar surface area (TPSA) is 13.0 Å². The van der Waals surface area contributed by atoms with E-state index >= 15 is 0 Å². The fraction of sp³-hybridized carbons (Fsp3) is 1.00.